The lowest BCUT2D eigenvalue weighted by Crippen LogP contribution is -2.49. The minimum Gasteiger partial charge on any atom is -0.187 e. The van der Waals surface area contributed by atoms with Crippen molar-refractivity contribution >= 4 is 16.3 Å². The minimum atomic E-state index is 0.255. The van der Waals surface area contributed by atoms with Crippen LogP contribution in [0, 0.1) is 17.8 Å². The zero-order valence-electron chi connectivity index (χ0n) is 16.9. The number of hydrogen-bond acceptors (Lipinski definition) is 4. The molecule has 8 rings (SSSR count). The molecular weight excluding hydrogens is 376 g/mol. The van der Waals surface area contributed by atoms with E-state index in [1.54, 1.807) is 22.5 Å². The van der Waals surface area contributed by atoms with Crippen LogP contribution in [0.4, 0.5) is 0 Å². The topological polar surface area (TPSA) is 43.1 Å². The van der Waals surface area contributed by atoms with Crippen molar-refractivity contribution in [3.63, 3.8) is 0 Å². The van der Waals surface area contributed by atoms with Crippen molar-refractivity contribution in [2.24, 2.45) is 17.8 Å². The quantitative estimate of drug-likeness (QED) is 0.608. The van der Waals surface area contributed by atoms with Crippen LogP contribution in [0.15, 0.2) is 18.2 Å². The normalized spacial score (nSPS) is 32.8. The van der Waals surface area contributed by atoms with Crippen LogP contribution in [-0.2, 0) is 24.7 Å². The van der Waals surface area contributed by atoms with E-state index in [-0.39, 0.29) is 5.41 Å². The van der Waals surface area contributed by atoms with Crippen molar-refractivity contribution in [3.05, 3.63) is 45.7 Å². The molecule has 0 atom stereocenters. The average Bonchev–Trinajstić information content (AvgIpc) is 3.27. The van der Waals surface area contributed by atoms with Gasteiger partial charge in [-0.05, 0) is 98.7 Å². The van der Waals surface area contributed by atoms with Crippen molar-refractivity contribution in [2.45, 2.75) is 76.0 Å². The lowest BCUT2D eigenvalue weighted by atomic mass is 9.49. The fourth-order valence-electron chi connectivity index (χ4n) is 7.51. The third-order valence-corrected chi connectivity index (χ3v) is 9.21. The van der Waals surface area contributed by atoms with Crippen LogP contribution in [0.5, 0.6) is 0 Å². The van der Waals surface area contributed by atoms with Gasteiger partial charge in [0.15, 0.2) is 5.82 Å². The van der Waals surface area contributed by atoms with Crippen LogP contribution >= 0.6 is 11.3 Å². The van der Waals surface area contributed by atoms with Gasteiger partial charge in [-0.15, -0.1) is 10.2 Å². The second kappa shape index (κ2) is 6.13. The second-order valence-corrected chi connectivity index (χ2v) is 11.4. The largest absolute Gasteiger partial charge is 0.234 e. The van der Waals surface area contributed by atoms with Crippen LogP contribution in [0.25, 0.3) is 4.96 Å². The minimum absolute atomic E-state index is 0.255. The Hall–Kier alpha value is -1.75. The van der Waals surface area contributed by atoms with Crippen molar-refractivity contribution in [1.29, 1.82) is 0 Å². The highest BCUT2D eigenvalue weighted by Crippen LogP contribution is 2.60. The number of fused-ring (bicyclic) bond motifs is 2. The SMILES string of the molecule is c1cc2c(cc1Cc1nn3c(C45CC6CC(CC(C6)C4)C5)nnc3s1)CCCC2. The van der Waals surface area contributed by atoms with E-state index < -0.39 is 0 Å². The standard InChI is InChI=1S/C24H28N4S/c1-2-4-20-10-15(5-6-19(20)3-1)11-21-27-28-22(25-26-23(28)29-21)24-12-16-7-17(13-24)9-18(8-16)14-24/h5-6,10,16-18H,1-4,7-9,11-14H2. The van der Waals surface area contributed by atoms with Gasteiger partial charge in [-0.25, -0.2) is 0 Å². The molecule has 0 N–H and O–H groups in total. The Morgan fingerprint density at radius 2 is 1.66 bits per heavy atom. The summed E-state index contributed by atoms with van der Waals surface area (Å²) >= 11 is 1.73. The molecule has 1 aromatic carbocycles. The summed E-state index contributed by atoms with van der Waals surface area (Å²) in [5.74, 6) is 3.94. The van der Waals surface area contributed by atoms with E-state index in [0.717, 1.165) is 29.1 Å². The Balaban J connectivity index is 1.22. The molecule has 5 heteroatoms. The molecular formula is C24H28N4S. The second-order valence-electron chi connectivity index (χ2n) is 10.4. The molecule has 2 aromatic heterocycles. The maximum Gasteiger partial charge on any atom is 0.234 e. The Bertz CT molecular complexity index is 1060. The third-order valence-electron chi connectivity index (χ3n) is 8.31. The maximum atomic E-state index is 5.05. The maximum absolute atomic E-state index is 5.05. The highest BCUT2D eigenvalue weighted by Gasteiger charge is 2.54. The Morgan fingerprint density at radius 1 is 0.931 bits per heavy atom. The number of benzene rings is 1. The van der Waals surface area contributed by atoms with E-state index in [1.807, 2.05) is 0 Å². The molecule has 0 radical (unpaired) electrons. The monoisotopic (exact) mass is 404 g/mol. The fourth-order valence-corrected chi connectivity index (χ4v) is 8.38. The molecule has 0 aliphatic heterocycles. The van der Waals surface area contributed by atoms with Crippen molar-refractivity contribution in [3.8, 4) is 0 Å². The molecule has 0 amide bonds. The van der Waals surface area contributed by atoms with Crippen LogP contribution in [0.2, 0.25) is 0 Å². The highest BCUT2D eigenvalue weighted by atomic mass is 32.1. The van der Waals surface area contributed by atoms with Gasteiger partial charge in [-0.2, -0.15) is 9.61 Å². The van der Waals surface area contributed by atoms with Gasteiger partial charge in [0.1, 0.15) is 5.01 Å². The van der Waals surface area contributed by atoms with Crippen LogP contribution in [0.3, 0.4) is 0 Å². The Morgan fingerprint density at radius 3 is 2.41 bits per heavy atom. The molecule has 5 aliphatic carbocycles. The first-order chi connectivity index (χ1) is 14.2. The Kier molecular flexibility index (Phi) is 3.59. The van der Waals surface area contributed by atoms with Crippen LogP contribution in [0.1, 0.15) is 78.9 Å². The summed E-state index contributed by atoms with van der Waals surface area (Å²) in [6, 6.07) is 7.09. The van der Waals surface area contributed by atoms with E-state index in [9.17, 15) is 0 Å². The molecule has 4 nitrogen and oxygen atoms in total. The lowest BCUT2D eigenvalue weighted by Gasteiger charge is -2.55. The van der Waals surface area contributed by atoms with Gasteiger partial charge in [-0.1, -0.05) is 29.5 Å². The molecule has 2 heterocycles. The first-order valence-corrected chi connectivity index (χ1v) is 12.4. The fraction of sp³-hybridized carbons (Fsp3) is 0.625. The smallest absolute Gasteiger partial charge is 0.187 e. The van der Waals surface area contributed by atoms with E-state index in [2.05, 4.69) is 27.8 Å². The molecule has 0 saturated heterocycles. The molecule has 150 valence electrons. The summed E-state index contributed by atoms with van der Waals surface area (Å²) in [5, 5.41) is 15.5. The first kappa shape index (κ1) is 17.0. The summed E-state index contributed by atoms with van der Waals surface area (Å²) in [5.41, 5.74) is 4.77. The number of hydrogen-bond donors (Lipinski definition) is 0. The summed E-state index contributed by atoms with van der Waals surface area (Å²) in [4.78, 5) is 0.990. The number of rotatable bonds is 3. The predicted molar refractivity (Wildman–Crippen MR) is 114 cm³/mol. The predicted octanol–water partition coefficient (Wildman–Crippen LogP) is 5.12. The molecule has 4 bridgehead atoms. The van der Waals surface area contributed by atoms with Gasteiger partial charge >= 0.3 is 0 Å². The van der Waals surface area contributed by atoms with E-state index in [0.29, 0.717) is 0 Å². The molecule has 4 fully saturated rings. The zero-order valence-corrected chi connectivity index (χ0v) is 17.8. The van der Waals surface area contributed by atoms with Gasteiger partial charge in [0.05, 0.1) is 0 Å². The first-order valence-electron chi connectivity index (χ1n) is 11.6. The molecule has 0 spiro atoms. The van der Waals surface area contributed by atoms with Crippen molar-refractivity contribution in [2.75, 3.05) is 0 Å². The highest BCUT2D eigenvalue weighted by molar-refractivity contribution is 7.16. The lowest BCUT2D eigenvalue weighted by molar-refractivity contribution is -0.0103. The summed E-state index contributed by atoms with van der Waals surface area (Å²) in [7, 11) is 0. The van der Waals surface area contributed by atoms with E-state index >= 15 is 0 Å². The number of nitrogens with zero attached hydrogens (tertiary/aromatic N) is 4. The van der Waals surface area contributed by atoms with Crippen LogP contribution in [-0.4, -0.2) is 19.8 Å². The molecule has 4 saturated carbocycles. The van der Waals surface area contributed by atoms with Gasteiger partial charge in [0.2, 0.25) is 4.96 Å². The molecule has 3 aromatic rings. The zero-order chi connectivity index (χ0) is 19.0. The van der Waals surface area contributed by atoms with E-state index in [4.69, 9.17) is 10.2 Å². The molecule has 29 heavy (non-hydrogen) atoms. The summed E-state index contributed by atoms with van der Waals surface area (Å²) in [6.45, 7) is 0. The average molecular weight is 405 g/mol. The van der Waals surface area contributed by atoms with Crippen molar-refractivity contribution < 1.29 is 0 Å². The van der Waals surface area contributed by atoms with Gasteiger partial charge in [0.25, 0.3) is 0 Å². The third kappa shape index (κ3) is 2.66. The summed E-state index contributed by atoms with van der Waals surface area (Å²) in [6.07, 6.45) is 14.4. The Labute approximate surface area is 175 Å². The van der Waals surface area contributed by atoms with E-state index in [1.165, 1.54) is 80.6 Å². The van der Waals surface area contributed by atoms with Gasteiger partial charge < -0.3 is 0 Å². The van der Waals surface area contributed by atoms with Gasteiger partial charge in [-0.3, -0.25) is 0 Å². The van der Waals surface area contributed by atoms with Gasteiger partial charge in [0, 0.05) is 11.8 Å². The number of aromatic nitrogens is 4. The van der Waals surface area contributed by atoms with Crippen LogP contribution < -0.4 is 0 Å². The summed E-state index contributed by atoms with van der Waals surface area (Å²) < 4.78 is 2.13. The molecule has 5 aliphatic rings. The molecule has 0 unspecified atom stereocenters. The van der Waals surface area contributed by atoms with Crippen molar-refractivity contribution in [1.82, 2.24) is 19.8 Å². The number of aryl methyl sites for hydroxylation is 2.